The molecule has 5 heteroatoms. The number of carbonyl (C=O) groups excluding carboxylic acids is 1. The van der Waals surface area contributed by atoms with Crippen molar-refractivity contribution in [1.29, 1.82) is 0 Å². The zero-order valence-corrected chi connectivity index (χ0v) is 13.7. The summed E-state index contributed by atoms with van der Waals surface area (Å²) in [6.45, 7) is 7.64. The number of hydrogen-bond donors (Lipinski definition) is 0. The number of ketones is 1. The van der Waals surface area contributed by atoms with Crippen molar-refractivity contribution in [1.82, 2.24) is 0 Å². The molecular weight excluding hydrogens is 294 g/mol. The van der Waals surface area contributed by atoms with E-state index in [0.29, 0.717) is 5.56 Å². The first-order valence-electron chi connectivity index (χ1n) is 7.29. The Balaban J connectivity index is 2.23. The van der Waals surface area contributed by atoms with Gasteiger partial charge in [0.25, 0.3) is 0 Å². The van der Waals surface area contributed by atoms with E-state index in [9.17, 15) is 14.9 Å². The third-order valence-corrected chi connectivity index (χ3v) is 4.20. The highest BCUT2D eigenvalue weighted by Gasteiger charge is 2.18. The SMILES string of the molecule is Cc1cc(C(=O)COc2ccccc2[N+](=O)[O-])c(C)c(C)c1C. The van der Waals surface area contributed by atoms with Gasteiger partial charge in [-0.05, 0) is 62.1 Å². The van der Waals surface area contributed by atoms with E-state index >= 15 is 0 Å². The number of nitro groups is 1. The van der Waals surface area contributed by atoms with Crippen LogP contribution in [0.5, 0.6) is 5.75 Å². The Morgan fingerprint density at radius 1 is 1.09 bits per heavy atom. The van der Waals surface area contributed by atoms with Gasteiger partial charge < -0.3 is 4.74 Å². The summed E-state index contributed by atoms with van der Waals surface area (Å²) in [7, 11) is 0. The molecule has 2 aromatic rings. The zero-order valence-electron chi connectivity index (χ0n) is 13.7. The summed E-state index contributed by atoms with van der Waals surface area (Å²) in [6.07, 6.45) is 0. The summed E-state index contributed by atoms with van der Waals surface area (Å²) in [5.74, 6) is -0.0871. The lowest BCUT2D eigenvalue weighted by Crippen LogP contribution is -2.15. The van der Waals surface area contributed by atoms with Crippen LogP contribution in [0.1, 0.15) is 32.6 Å². The van der Waals surface area contributed by atoms with E-state index in [4.69, 9.17) is 4.74 Å². The number of Topliss-reactive ketones (excluding diaryl/α,β-unsaturated/α-hetero) is 1. The highest BCUT2D eigenvalue weighted by molar-refractivity contribution is 5.99. The van der Waals surface area contributed by atoms with Crippen LogP contribution in [-0.4, -0.2) is 17.3 Å². The molecule has 5 nitrogen and oxygen atoms in total. The fourth-order valence-electron chi connectivity index (χ4n) is 2.45. The first-order valence-corrected chi connectivity index (χ1v) is 7.29. The molecule has 0 aliphatic carbocycles. The summed E-state index contributed by atoms with van der Waals surface area (Å²) < 4.78 is 5.39. The van der Waals surface area contributed by atoms with E-state index in [0.717, 1.165) is 16.7 Å². The molecule has 0 saturated carbocycles. The second-order valence-corrected chi connectivity index (χ2v) is 5.55. The van der Waals surface area contributed by atoms with Gasteiger partial charge in [-0.1, -0.05) is 12.1 Å². The van der Waals surface area contributed by atoms with E-state index in [1.165, 1.54) is 17.7 Å². The smallest absolute Gasteiger partial charge is 0.310 e. The average Bonchev–Trinajstić information content (AvgIpc) is 2.54. The molecule has 0 aliphatic heterocycles. The van der Waals surface area contributed by atoms with Crippen LogP contribution in [0.15, 0.2) is 30.3 Å². The fourth-order valence-corrected chi connectivity index (χ4v) is 2.45. The van der Waals surface area contributed by atoms with Crippen LogP contribution in [0.25, 0.3) is 0 Å². The molecule has 0 atom stereocenters. The van der Waals surface area contributed by atoms with Gasteiger partial charge in [-0.15, -0.1) is 0 Å². The Bertz CT molecular complexity index is 781. The van der Waals surface area contributed by atoms with Crippen LogP contribution < -0.4 is 4.74 Å². The molecule has 0 fully saturated rings. The molecule has 0 amide bonds. The number of benzene rings is 2. The number of carbonyl (C=O) groups is 1. The molecule has 2 rings (SSSR count). The van der Waals surface area contributed by atoms with Crippen molar-refractivity contribution in [3.8, 4) is 5.75 Å². The maximum atomic E-state index is 12.4. The maximum Gasteiger partial charge on any atom is 0.310 e. The average molecular weight is 313 g/mol. The van der Waals surface area contributed by atoms with Crippen molar-refractivity contribution in [2.45, 2.75) is 27.7 Å². The van der Waals surface area contributed by atoms with Gasteiger partial charge >= 0.3 is 5.69 Å². The second-order valence-electron chi connectivity index (χ2n) is 5.55. The molecule has 0 aliphatic rings. The largest absolute Gasteiger partial charge is 0.478 e. The number of hydrogen-bond acceptors (Lipinski definition) is 4. The number of ether oxygens (including phenoxy) is 1. The molecule has 0 heterocycles. The summed E-state index contributed by atoms with van der Waals surface area (Å²) >= 11 is 0. The topological polar surface area (TPSA) is 69.4 Å². The summed E-state index contributed by atoms with van der Waals surface area (Å²) in [6, 6.07) is 7.89. The first kappa shape index (κ1) is 16.7. The normalized spacial score (nSPS) is 10.4. The highest BCUT2D eigenvalue weighted by Crippen LogP contribution is 2.26. The molecular formula is C18H19NO4. The number of nitrogens with zero attached hydrogens (tertiary/aromatic N) is 1. The van der Waals surface area contributed by atoms with Gasteiger partial charge in [0, 0.05) is 11.6 Å². The standard InChI is InChI=1S/C18H19NO4/c1-11-9-15(14(4)13(3)12(11)2)17(20)10-23-18-8-6-5-7-16(18)19(21)22/h5-9H,10H2,1-4H3. The minimum atomic E-state index is -0.523. The maximum absolute atomic E-state index is 12.4. The van der Waals surface area contributed by atoms with Gasteiger partial charge in [0.05, 0.1) is 4.92 Å². The van der Waals surface area contributed by atoms with Crippen LogP contribution in [-0.2, 0) is 0 Å². The van der Waals surface area contributed by atoms with E-state index in [2.05, 4.69) is 0 Å². The van der Waals surface area contributed by atoms with Gasteiger partial charge in [0.15, 0.2) is 18.1 Å². The van der Waals surface area contributed by atoms with E-state index in [-0.39, 0.29) is 23.8 Å². The number of para-hydroxylation sites is 2. The summed E-state index contributed by atoms with van der Waals surface area (Å²) in [5.41, 5.74) is 4.67. The van der Waals surface area contributed by atoms with Crippen molar-refractivity contribution in [2.24, 2.45) is 0 Å². The number of nitro benzene ring substituents is 1. The van der Waals surface area contributed by atoms with Crippen LogP contribution >= 0.6 is 0 Å². The number of aryl methyl sites for hydroxylation is 1. The Morgan fingerprint density at radius 2 is 1.74 bits per heavy atom. The number of rotatable bonds is 5. The lowest BCUT2D eigenvalue weighted by molar-refractivity contribution is -0.385. The van der Waals surface area contributed by atoms with Gasteiger partial charge in [-0.3, -0.25) is 14.9 Å². The monoisotopic (exact) mass is 313 g/mol. The predicted octanol–water partition coefficient (Wildman–Crippen LogP) is 4.09. The second kappa shape index (κ2) is 6.60. The molecule has 0 radical (unpaired) electrons. The Labute approximate surface area is 135 Å². The quantitative estimate of drug-likeness (QED) is 0.473. The van der Waals surface area contributed by atoms with Gasteiger partial charge in [0.1, 0.15) is 0 Å². The van der Waals surface area contributed by atoms with E-state index in [1.807, 2.05) is 33.8 Å². The molecule has 0 spiro atoms. The molecule has 120 valence electrons. The Kier molecular flexibility index (Phi) is 4.79. The van der Waals surface area contributed by atoms with Crippen molar-refractivity contribution < 1.29 is 14.5 Å². The Morgan fingerprint density at radius 3 is 2.39 bits per heavy atom. The third-order valence-electron chi connectivity index (χ3n) is 4.20. The molecule has 0 bridgehead atoms. The fraction of sp³-hybridized carbons (Fsp3) is 0.278. The van der Waals surface area contributed by atoms with Gasteiger partial charge in [0.2, 0.25) is 0 Å². The molecule has 0 N–H and O–H groups in total. The summed E-state index contributed by atoms with van der Waals surface area (Å²) in [5, 5.41) is 11.0. The minimum Gasteiger partial charge on any atom is -0.478 e. The van der Waals surface area contributed by atoms with E-state index in [1.54, 1.807) is 12.1 Å². The van der Waals surface area contributed by atoms with Crippen molar-refractivity contribution in [3.63, 3.8) is 0 Å². The zero-order chi connectivity index (χ0) is 17.1. The van der Waals surface area contributed by atoms with Gasteiger partial charge in [-0.25, -0.2) is 0 Å². The van der Waals surface area contributed by atoms with Crippen LogP contribution in [0.3, 0.4) is 0 Å². The molecule has 2 aromatic carbocycles. The van der Waals surface area contributed by atoms with Crippen LogP contribution in [0.2, 0.25) is 0 Å². The first-order chi connectivity index (χ1) is 10.8. The highest BCUT2D eigenvalue weighted by atomic mass is 16.6. The van der Waals surface area contributed by atoms with E-state index < -0.39 is 4.92 Å². The van der Waals surface area contributed by atoms with Gasteiger partial charge in [-0.2, -0.15) is 0 Å². The molecule has 0 aromatic heterocycles. The van der Waals surface area contributed by atoms with Crippen LogP contribution in [0, 0.1) is 37.8 Å². The molecule has 23 heavy (non-hydrogen) atoms. The summed E-state index contributed by atoms with van der Waals surface area (Å²) in [4.78, 5) is 22.9. The van der Waals surface area contributed by atoms with Crippen molar-refractivity contribution >= 4 is 11.5 Å². The third kappa shape index (κ3) is 3.39. The van der Waals surface area contributed by atoms with Crippen molar-refractivity contribution in [2.75, 3.05) is 6.61 Å². The van der Waals surface area contributed by atoms with Crippen molar-refractivity contribution in [3.05, 3.63) is 68.3 Å². The minimum absolute atomic E-state index is 0.101. The predicted molar refractivity (Wildman–Crippen MR) is 88.3 cm³/mol. The molecule has 0 unspecified atom stereocenters. The molecule has 0 saturated heterocycles. The van der Waals surface area contributed by atoms with Crippen LogP contribution in [0.4, 0.5) is 5.69 Å². The lowest BCUT2D eigenvalue weighted by Gasteiger charge is -2.14. The Hall–Kier alpha value is -2.69. The lowest BCUT2D eigenvalue weighted by atomic mass is 9.93.